The summed E-state index contributed by atoms with van der Waals surface area (Å²) in [6, 6.07) is 14.8. The molecule has 2 rings (SSSR count). The highest BCUT2D eigenvalue weighted by Gasteiger charge is 2.19. The fourth-order valence-electron chi connectivity index (χ4n) is 1.99. The molecular formula is C15H16N4O2. The van der Waals surface area contributed by atoms with Crippen molar-refractivity contribution in [2.45, 2.75) is 6.04 Å². The summed E-state index contributed by atoms with van der Waals surface area (Å²) >= 11 is 0. The summed E-state index contributed by atoms with van der Waals surface area (Å²) in [7, 11) is 0. The Hall–Kier alpha value is -3.02. The number of urea groups is 1. The summed E-state index contributed by atoms with van der Waals surface area (Å²) in [5, 5.41) is 12.7. The first-order valence-corrected chi connectivity index (χ1v) is 6.31. The highest BCUT2D eigenvalue weighted by molar-refractivity contribution is 5.90. The standard InChI is InChI=1S/C15H16N4O2/c16-14(17)19-15(21)18-13(10-6-2-1-3-7-10)11-8-4-5-9-12(11)20/h1-9,13,20H,(H5,16,17,18,19,21). The molecule has 0 saturated heterocycles. The van der Waals surface area contributed by atoms with E-state index in [1.54, 1.807) is 24.3 Å². The van der Waals surface area contributed by atoms with Gasteiger partial charge in [0.1, 0.15) is 5.75 Å². The topological polar surface area (TPSA) is 114 Å². The van der Waals surface area contributed by atoms with Crippen molar-refractivity contribution in [1.29, 1.82) is 0 Å². The molecule has 0 aliphatic rings. The Balaban J connectivity index is 2.39. The molecule has 0 saturated carbocycles. The van der Waals surface area contributed by atoms with Crippen molar-refractivity contribution in [3.63, 3.8) is 0 Å². The van der Waals surface area contributed by atoms with Crippen molar-refractivity contribution >= 4 is 12.0 Å². The minimum atomic E-state index is -0.674. The number of phenolic OH excluding ortho intramolecular Hbond substituents is 1. The van der Waals surface area contributed by atoms with Crippen molar-refractivity contribution in [2.24, 2.45) is 16.5 Å². The van der Waals surface area contributed by atoms with Gasteiger partial charge in [-0.1, -0.05) is 48.5 Å². The molecule has 2 aromatic rings. The average Bonchev–Trinajstić information content (AvgIpc) is 2.46. The molecule has 2 amide bonds. The quantitative estimate of drug-likeness (QED) is 0.504. The van der Waals surface area contributed by atoms with Crippen molar-refractivity contribution in [1.82, 2.24) is 5.32 Å². The second-order valence-corrected chi connectivity index (χ2v) is 4.39. The number of nitrogens with zero attached hydrogens (tertiary/aromatic N) is 1. The van der Waals surface area contributed by atoms with E-state index in [1.807, 2.05) is 30.3 Å². The van der Waals surface area contributed by atoms with Crippen LogP contribution in [0.2, 0.25) is 0 Å². The molecular weight excluding hydrogens is 268 g/mol. The third-order valence-corrected chi connectivity index (χ3v) is 2.88. The van der Waals surface area contributed by atoms with Crippen LogP contribution in [0.4, 0.5) is 4.79 Å². The molecule has 0 fully saturated rings. The second kappa shape index (κ2) is 6.42. The van der Waals surface area contributed by atoms with E-state index in [2.05, 4.69) is 10.3 Å². The van der Waals surface area contributed by atoms with Gasteiger partial charge in [-0.05, 0) is 11.6 Å². The zero-order valence-electron chi connectivity index (χ0n) is 11.2. The zero-order chi connectivity index (χ0) is 15.2. The predicted octanol–water partition coefficient (Wildman–Crippen LogP) is 1.46. The molecule has 108 valence electrons. The Morgan fingerprint density at radius 2 is 1.67 bits per heavy atom. The maximum absolute atomic E-state index is 11.8. The second-order valence-electron chi connectivity index (χ2n) is 4.39. The smallest absolute Gasteiger partial charge is 0.344 e. The van der Waals surface area contributed by atoms with Gasteiger partial charge in [-0.2, -0.15) is 4.99 Å². The van der Waals surface area contributed by atoms with Crippen molar-refractivity contribution < 1.29 is 9.90 Å². The molecule has 0 spiro atoms. The molecule has 0 aliphatic carbocycles. The number of aromatic hydroxyl groups is 1. The number of para-hydroxylation sites is 1. The van der Waals surface area contributed by atoms with Crippen molar-refractivity contribution in [3.05, 3.63) is 65.7 Å². The highest BCUT2D eigenvalue weighted by atomic mass is 16.3. The summed E-state index contributed by atoms with van der Waals surface area (Å²) in [6.45, 7) is 0. The number of nitrogens with one attached hydrogen (secondary N) is 1. The summed E-state index contributed by atoms with van der Waals surface area (Å²) in [5.41, 5.74) is 11.7. The molecule has 0 aliphatic heterocycles. The third-order valence-electron chi connectivity index (χ3n) is 2.88. The number of nitrogens with two attached hydrogens (primary N) is 2. The number of carbonyl (C=O) groups excluding carboxylic acids is 1. The summed E-state index contributed by atoms with van der Waals surface area (Å²) in [4.78, 5) is 15.2. The van der Waals surface area contributed by atoms with E-state index in [-0.39, 0.29) is 11.7 Å². The Bertz CT molecular complexity index is 652. The molecule has 0 bridgehead atoms. The molecule has 0 aromatic heterocycles. The van der Waals surface area contributed by atoms with E-state index in [1.165, 1.54) is 0 Å². The first-order chi connectivity index (χ1) is 10.1. The lowest BCUT2D eigenvalue weighted by atomic mass is 9.98. The van der Waals surface area contributed by atoms with E-state index in [0.29, 0.717) is 5.56 Å². The Morgan fingerprint density at radius 3 is 2.29 bits per heavy atom. The van der Waals surface area contributed by atoms with E-state index in [9.17, 15) is 9.90 Å². The number of hydrogen-bond acceptors (Lipinski definition) is 2. The summed E-state index contributed by atoms with van der Waals surface area (Å²) in [6.07, 6.45) is 0. The van der Waals surface area contributed by atoms with Crippen molar-refractivity contribution in [3.8, 4) is 5.75 Å². The van der Waals surface area contributed by atoms with Gasteiger partial charge in [0.25, 0.3) is 0 Å². The number of benzene rings is 2. The van der Waals surface area contributed by atoms with E-state index in [4.69, 9.17) is 11.5 Å². The fraction of sp³-hybridized carbons (Fsp3) is 0.0667. The van der Waals surface area contributed by atoms with Gasteiger partial charge in [-0.3, -0.25) is 0 Å². The first-order valence-electron chi connectivity index (χ1n) is 6.31. The van der Waals surface area contributed by atoms with Crippen LogP contribution in [0.15, 0.2) is 59.6 Å². The van der Waals surface area contributed by atoms with Gasteiger partial charge in [0.2, 0.25) is 0 Å². The third kappa shape index (κ3) is 3.73. The van der Waals surface area contributed by atoms with E-state index < -0.39 is 12.1 Å². The molecule has 21 heavy (non-hydrogen) atoms. The maximum atomic E-state index is 11.8. The largest absolute Gasteiger partial charge is 0.508 e. The van der Waals surface area contributed by atoms with E-state index in [0.717, 1.165) is 5.56 Å². The number of phenols is 1. The Labute approximate surface area is 122 Å². The summed E-state index contributed by atoms with van der Waals surface area (Å²) < 4.78 is 0. The van der Waals surface area contributed by atoms with Crippen LogP contribution in [0, 0.1) is 0 Å². The van der Waals surface area contributed by atoms with Crippen LogP contribution in [0.3, 0.4) is 0 Å². The number of rotatable bonds is 3. The van der Waals surface area contributed by atoms with Crippen LogP contribution in [0.5, 0.6) is 5.75 Å². The van der Waals surface area contributed by atoms with Crippen LogP contribution >= 0.6 is 0 Å². The number of aliphatic imine (C=N–C) groups is 1. The van der Waals surface area contributed by atoms with Gasteiger partial charge in [-0.15, -0.1) is 0 Å². The number of guanidine groups is 1. The zero-order valence-corrected chi connectivity index (χ0v) is 11.2. The lowest BCUT2D eigenvalue weighted by molar-refractivity contribution is 0.247. The molecule has 6 N–H and O–H groups in total. The lowest BCUT2D eigenvalue weighted by Crippen LogP contribution is -2.31. The number of amides is 2. The van der Waals surface area contributed by atoms with E-state index >= 15 is 0 Å². The minimum Gasteiger partial charge on any atom is -0.508 e. The molecule has 0 radical (unpaired) electrons. The van der Waals surface area contributed by atoms with Crippen LogP contribution < -0.4 is 16.8 Å². The Kier molecular flexibility index (Phi) is 4.40. The number of hydrogen-bond donors (Lipinski definition) is 4. The lowest BCUT2D eigenvalue weighted by Gasteiger charge is -2.19. The monoisotopic (exact) mass is 284 g/mol. The average molecular weight is 284 g/mol. The molecule has 6 heteroatoms. The number of carbonyl (C=O) groups is 1. The molecule has 0 heterocycles. The predicted molar refractivity (Wildman–Crippen MR) is 80.7 cm³/mol. The molecule has 1 unspecified atom stereocenters. The molecule has 1 atom stereocenters. The van der Waals surface area contributed by atoms with Gasteiger partial charge in [0.15, 0.2) is 5.96 Å². The maximum Gasteiger partial charge on any atom is 0.344 e. The Morgan fingerprint density at radius 1 is 1.05 bits per heavy atom. The molecule has 2 aromatic carbocycles. The van der Waals surface area contributed by atoms with Crippen molar-refractivity contribution in [2.75, 3.05) is 0 Å². The van der Waals surface area contributed by atoms with Gasteiger partial charge >= 0.3 is 6.03 Å². The van der Waals surface area contributed by atoms with Crippen LogP contribution in [-0.2, 0) is 0 Å². The van der Waals surface area contributed by atoms with Crippen LogP contribution in [-0.4, -0.2) is 17.1 Å². The van der Waals surface area contributed by atoms with Crippen LogP contribution in [0.1, 0.15) is 17.2 Å². The van der Waals surface area contributed by atoms with Gasteiger partial charge < -0.3 is 21.9 Å². The van der Waals surface area contributed by atoms with Gasteiger partial charge in [-0.25, -0.2) is 4.79 Å². The highest BCUT2D eigenvalue weighted by Crippen LogP contribution is 2.29. The minimum absolute atomic E-state index is 0.0800. The normalized spacial score (nSPS) is 11.4. The van der Waals surface area contributed by atoms with Gasteiger partial charge in [0, 0.05) is 5.56 Å². The first kappa shape index (κ1) is 14.4. The summed E-state index contributed by atoms with van der Waals surface area (Å²) in [5.74, 6) is -0.243. The SMILES string of the molecule is NC(N)=NC(=O)NC(c1ccccc1)c1ccccc1O. The van der Waals surface area contributed by atoms with Crippen LogP contribution in [0.25, 0.3) is 0 Å². The molecule has 6 nitrogen and oxygen atoms in total. The van der Waals surface area contributed by atoms with Gasteiger partial charge in [0.05, 0.1) is 6.04 Å². The fourth-order valence-corrected chi connectivity index (χ4v) is 1.99.